The van der Waals surface area contributed by atoms with E-state index in [2.05, 4.69) is 37.2 Å². The molecule has 1 spiro atoms. The third-order valence-electron chi connectivity index (χ3n) is 6.32. The predicted molar refractivity (Wildman–Crippen MR) is 125 cm³/mol. The highest BCUT2D eigenvalue weighted by Gasteiger charge is 2.43. The molecule has 5 rings (SSSR count). The summed E-state index contributed by atoms with van der Waals surface area (Å²) < 4.78 is 11.1. The summed E-state index contributed by atoms with van der Waals surface area (Å²) in [5, 5.41) is 12.5. The van der Waals surface area contributed by atoms with Crippen molar-refractivity contribution >= 4 is 23.5 Å². The minimum Gasteiger partial charge on any atom is -0.495 e. The highest BCUT2D eigenvalue weighted by molar-refractivity contribution is 6.04. The maximum absolute atomic E-state index is 11.5. The largest absolute Gasteiger partial charge is 0.495 e. The van der Waals surface area contributed by atoms with Crippen LogP contribution in [0.25, 0.3) is 0 Å². The number of aliphatic imine (C=N–C) groups is 2. The van der Waals surface area contributed by atoms with Gasteiger partial charge in [0.2, 0.25) is 0 Å². The molecular weight excluding hydrogens is 422 g/mol. The van der Waals surface area contributed by atoms with Crippen molar-refractivity contribution in [1.29, 1.82) is 0 Å². The molecule has 2 fully saturated rings. The van der Waals surface area contributed by atoms with E-state index >= 15 is 0 Å². The summed E-state index contributed by atoms with van der Waals surface area (Å²) in [5.74, 6) is 2.34. The molecule has 10 nitrogen and oxygen atoms in total. The molecule has 0 saturated carbocycles. The first-order valence-corrected chi connectivity index (χ1v) is 11.0. The van der Waals surface area contributed by atoms with Crippen LogP contribution in [0.5, 0.6) is 0 Å². The van der Waals surface area contributed by atoms with Gasteiger partial charge in [0.15, 0.2) is 5.84 Å². The first-order chi connectivity index (χ1) is 16.0. The van der Waals surface area contributed by atoms with Crippen molar-refractivity contribution < 1.29 is 14.3 Å². The number of amidine groups is 2. The molecule has 2 N–H and O–H groups in total. The molecule has 1 amide bonds. The van der Waals surface area contributed by atoms with Gasteiger partial charge in [-0.15, -0.1) is 0 Å². The van der Waals surface area contributed by atoms with Gasteiger partial charge in [0, 0.05) is 50.4 Å². The van der Waals surface area contributed by atoms with Crippen LogP contribution in [0.15, 0.2) is 75.6 Å². The molecule has 172 valence electrons. The standard InChI is InChI=1S/C23H27N7O3/c1-15-21(29-9-5-23(6-10-29)14-26-22(31)33-23)25-8-11-30(15)28-16(2)27-19-13-18-17(4-7-24-18)12-20(19)32-3/h4,7-8,11-13,17H,1,5-6,9-10,14H2,2-3H3,(H,26,31)(H,27,28). The van der Waals surface area contributed by atoms with Crippen molar-refractivity contribution in [1.82, 2.24) is 20.5 Å². The number of methoxy groups -OCH3 is 1. The number of fused-ring (bicyclic) bond motifs is 1. The number of allylic oxidation sites excluding steroid dienone is 3. The first kappa shape index (κ1) is 21.0. The monoisotopic (exact) mass is 449 g/mol. The third-order valence-corrected chi connectivity index (χ3v) is 6.32. The SMILES string of the molecule is C=C1C(N2CCC3(CC2)CNC(=O)O3)=NC=CN1/N=C(\C)NC1=CC2=NC=CC2C=C1OC. The van der Waals surface area contributed by atoms with Gasteiger partial charge in [0.05, 0.1) is 30.8 Å². The number of piperidine rings is 1. The van der Waals surface area contributed by atoms with Crippen LogP contribution >= 0.6 is 0 Å². The van der Waals surface area contributed by atoms with Crippen LogP contribution in [-0.2, 0) is 9.47 Å². The smallest absolute Gasteiger partial charge is 0.407 e. The van der Waals surface area contributed by atoms with Gasteiger partial charge in [0.1, 0.15) is 17.2 Å². The summed E-state index contributed by atoms with van der Waals surface area (Å²) in [6.07, 6.45) is 12.5. The minimum absolute atomic E-state index is 0.151. The number of hydrogen-bond acceptors (Lipinski definition) is 8. The minimum atomic E-state index is -0.406. The van der Waals surface area contributed by atoms with Gasteiger partial charge < -0.3 is 25.0 Å². The second-order valence-electron chi connectivity index (χ2n) is 8.48. The van der Waals surface area contributed by atoms with Crippen LogP contribution in [0.4, 0.5) is 4.79 Å². The molecular formula is C23H27N7O3. The molecule has 1 aliphatic carbocycles. The molecule has 1 atom stereocenters. The zero-order chi connectivity index (χ0) is 23.0. The van der Waals surface area contributed by atoms with Crippen molar-refractivity contribution in [2.45, 2.75) is 25.4 Å². The number of hydrogen-bond donors (Lipinski definition) is 2. The predicted octanol–water partition coefficient (Wildman–Crippen LogP) is 2.20. The number of nitrogens with one attached hydrogen (secondary N) is 2. The van der Waals surface area contributed by atoms with Gasteiger partial charge in [-0.25, -0.2) is 14.8 Å². The summed E-state index contributed by atoms with van der Waals surface area (Å²) in [5.41, 5.74) is 2.05. The van der Waals surface area contributed by atoms with Crippen LogP contribution in [-0.4, -0.2) is 65.7 Å². The fourth-order valence-corrected chi connectivity index (χ4v) is 4.51. The zero-order valence-electron chi connectivity index (χ0n) is 18.7. The number of alkyl carbamates (subject to hydrolysis) is 1. The molecule has 0 aromatic rings. The summed E-state index contributed by atoms with van der Waals surface area (Å²) in [7, 11) is 1.65. The number of ether oxygens (including phenoxy) is 2. The third kappa shape index (κ3) is 4.04. The first-order valence-electron chi connectivity index (χ1n) is 11.0. The summed E-state index contributed by atoms with van der Waals surface area (Å²) in [6, 6.07) is 0. The maximum atomic E-state index is 11.5. The molecule has 0 aromatic heterocycles. The van der Waals surface area contributed by atoms with E-state index in [1.54, 1.807) is 24.5 Å². The van der Waals surface area contributed by atoms with Crippen molar-refractivity contribution in [2.75, 3.05) is 26.7 Å². The van der Waals surface area contributed by atoms with Gasteiger partial charge in [-0.05, 0) is 19.1 Å². The van der Waals surface area contributed by atoms with E-state index in [1.165, 1.54) is 0 Å². The average Bonchev–Trinajstić information content (AvgIpc) is 3.41. The molecule has 0 bridgehead atoms. The van der Waals surface area contributed by atoms with Crippen LogP contribution in [0.2, 0.25) is 0 Å². The van der Waals surface area contributed by atoms with E-state index in [-0.39, 0.29) is 12.0 Å². The molecule has 1 unspecified atom stereocenters. The Balaban J connectivity index is 1.24. The van der Waals surface area contributed by atoms with E-state index in [0.29, 0.717) is 18.1 Å². The molecule has 0 aromatic carbocycles. The van der Waals surface area contributed by atoms with E-state index < -0.39 is 5.60 Å². The lowest BCUT2D eigenvalue weighted by molar-refractivity contribution is 0.0147. The maximum Gasteiger partial charge on any atom is 0.407 e. The molecule has 4 aliphatic heterocycles. The molecule has 10 heteroatoms. The Morgan fingerprint density at radius 3 is 2.91 bits per heavy atom. The quantitative estimate of drug-likeness (QED) is 0.506. The Hall–Kier alpha value is -3.82. The summed E-state index contributed by atoms with van der Waals surface area (Å²) in [6.45, 7) is 8.11. The van der Waals surface area contributed by atoms with E-state index in [4.69, 9.17) is 9.47 Å². The Kier molecular flexibility index (Phi) is 5.27. The van der Waals surface area contributed by atoms with Gasteiger partial charge >= 0.3 is 6.09 Å². The molecule has 0 radical (unpaired) electrons. The Labute approximate surface area is 192 Å². The van der Waals surface area contributed by atoms with Crippen molar-refractivity contribution in [3.05, 3.63) is 60.6 Å². The van der Waals surface area contributed by atoms with E-state index in [9.17, 15) is 4.79 Å². The van der Waals surface area contributed by atoms with E-state index in [1.807, 2.05) is 31.4 Å². The summed E-state index contributed by atoms with van der Waals surface area (Å²) >= 11 is 0. The van der Waals surface area contributed by atoms with Gasteiger partial charge in [-0.2, -0.15) is 5.10 Å². The lowest BCUT2D eigenvalue weighted by atomic mass is 9.91. The highest BCUT2D eigenvalue weighted by atomic mass is 16.6. The van der Waals surface area contributed by atoms with Crippen molar-refractivity contribution in [3.8, 4) is 0 Å². The highest BCUT2D eigenvalue weighted by Crippen LogP contribution is 2.31. The van der Waals surface area contributed by atoms with Crippen molar-refractivity contribution in [3.63, 3.8) is 0 Å². The Bertz CT molecular complexity index is 1090. The van der Waals surface area contributed by atoms with Crippen molar-refractivity contribution in [2.24, 2.45) is 21.0 Å². The van der Waals surface area contributed by atoms with Gasteiger partial charge in [0.25, 0.3) is 0 Å². The Morgan fingerprint density at radius 2 is 2.18 bits per heavy atom. The zero-order valence-corrected chi connectivity index (χ0v) is 18.7. The number of amides is 1. The summed E-state index contributed by atoms with van der Waals surface area (Å²) in [4.78, 5) is 22.6. The molecule has 33 heavy (non-hydrogen) atoms. The normalized spacial score (nSPS) is 25.8. The Morgan fingerprint density at radius 1 is 1.36 bits per heavy atom. The van der Waals surface area contributed by atoms with Crippen LogP contribution < -0.4 is 10.6 Å². The average molecular weight is 450 g/mol. The number of carbonyl (C=O) groups excluding carboxylic acids is 1. The number of likely N-dealkylation sites (tertiary alicyclic amines) is 1. The second kappa shape index (κ2) is 8.27. The molecule has 4 heterocycles. The van der Waals surface area contributed by atoms with Gasteiger partial charge in [-0.3, -0.25) is 4.99 Å². The number of carbonyl (C=O) groups is 1. The second-order valence-corrected chi connectivity index (χ2v) is 8.48. The molecule has 2 saturated heterocycles. The van der Waals surface area contributed by atoms with Crippen LogP contribution in [0.1, 0.15) is 19.8 Å². The lowest BCUT2D eigenvalue weighted by Crippen LogP contribution is -2.49. The van der Waals surface area contributed by atoms with Gasteiger partial charge in [-0.1, -0.05) is 12.7 Å². The fourth-order valence-electron chi connectivity index (χ4n) is 4.51. The van der Waals surface area contributed by atoms with Crippen LogP contribution in [0.3, 0.4) is 0 Å². The number of rotatable bonds is 3. The number of hydrazone groups is 1. The topological polar surface area (TPSA) is 103 Å². The fraction of sp³-hybridized carbons (Fsp3) is 0.391. The van der Waals surface area contributed by atoms with Crippen LogP contribution in [0, 0.1) is 5.92 Å². The van der Waals surface area contributed by atoms with E-state index in [0.717, 1.165) is 48.9 Å². The lowest BCUT2D eigenvalue weighted by Gasteiger charge is -2.40. The molecule has 5 aliphatic rings. The number of nitrogens with zero attached hydrogens (tertiary/aromatic N) is 5.